The van der Waals surface area contributed by atoms with Crippen molar-refractivity contribution in [3.63, 3.8) is 0 Å². The van der Waals surface area contributed by atoms with Crippen molar-refractivity contribution >= 4 is 68.0 Å². The smallest absolute Gasteiger partial charge is 0.147 e. The zero-order chi connectivity index (χ0) is 44.1. The van der Waals surface area contributed by atoms with Crippen molar-refractivity contribution in [2.24, 2.45) is 0 Å². The monoisotopic (exact) mass is 1040 g/mol. The predicted molar refractivity (Wildman–Crippen MR) is 271 cm³/mol. The van der Waals surface area contributed by atoms with Crippen LogP contribution in [0.25, 0.3) is 94.2 Å². The van der Waals surface area contributed by atoms with E-state index in [0.29, 0.717) is 0 Å². The Hall–Kier alpha value is -6.50. The Labute approximate surface area is 395 Å². The van der Waals surface area contributed by atoms with Crippen LogP contribution in [0.4, 0.5) is 0 Å². The van der Waals surface area contributed by atoms with Gasteiger partial charge in [-0.15, -0.1) is 54.1 Å². The van der Waals surface area contributed by atoms with Crippen LogP contribution in [0.5, 0.6) is 0 Å². The third-order valence-corrected chi connectivity index (χ3v) is 14.3. The molecular formula is C58H50IrN4OSi-2. The number of hydrogen-bond acceptors (Lipinski definition) is 4. The molecule has 0 saturated heterocycles. The molecule has 11 aromatic rings. The molecule has 0 amide bonds. The predicted octanol–water partition coefficient (Wildman–Crippen LogP) is 15.1. The second kappa shape index (κ2) is 17.8. The van der Waals surface area contributed by atoms with Crippen LogP contribution >= 0.6 is 0 Å². The number of pyridine rings is 2. The number of benzene rings is 7. The largest absolute Gasteiger partial charge is 0.498 e. The molecule has 323 valence electrons. The van der Waals surface area contributed by atoms with Crippen molar-refractivity contribution in [1.82, 2.24) is 19.5 Å². The van der Waals surface area contributed by atoms with E-state index in [0.717, 1.165) is 77.4 Å². The van der Waals surface area contributed by atoms with Gasteiger partial charge in [0.25, 0.3) is 0 Å². The maximum Gasteiger partial charge on any atom is 0.147 e. The second-order valence-corrected chi connectivity index (χ2v) is 23.4. The fourth-order valence-electron chi connectivity index (χ4n) is 8.79. The molecule has 0 atom stereocenters. The van der Waals surface area contributed by atoms with Gasteiger partial charge in [-0.2, -0.15) is 0 Å². The van der Waals surface area contributed by atoms with Crippen LogP contribution in [-0.2, 0) is 20.1 Å². The molecule has 0 N–H and O–H groups in total. The molecule has 0 aliphatic rings. The van der Waals surface area contributed by atoms with Gasteiger partial charge in [-0.25, -0.2) is 4.98 Å². The number of imidazole rings is 1. The van der Waals surface area contributed by atoms with E-state index in [1.807, 2.05) is 48.7 Å². The molecule has 7 aromatic carbocycles. The van der Waals surface area contributed by atoms with E-state index >= 15 is 0 Å². The number of furan rings is 1. The molecule has 4 heterocycles. The normalized spacial score (nSPS) is 11.8. The van der Waals surface area contributed by atoms with E-state index in [9.17, 15) is 0 Å². The molecule has 1 radical (unpaired) electrons. The minimum Gasteiger partial charge on any atom is -0.498 e. The van der Waals surface area contributed by atoms with E-state index in [-0.39, 0.29) is 31.9 Å². The number of nitrogens with zero attached hydrogens (tertiary/aromatic N) is 4. The summed E-state index contributed by atoms with van der Waals surface area (Å²) < 4.78 is 9.23. The minimum atomic E-state index is -1.23. The van der Waals surface area contributed by atoms with Gasteiger partial charge in [-0.3, -0.25) is 4.98 Å². The van der Waals surface area contributed by atoms with Crippen molar-refractivity contribution in [3.05, 3.63) is 187 Å². The molecule has 0 aliphatic carbocycles. The Kier molecular flexibility index (Phi) is 12.0. The van der Waals surface area contributed by atoms with Crippen molar-refractivity contribution < 1.29 is 24.5 Å². The molecule has 0 spiro atoms. The Morgan fingerprint density at radius 1 is 0.585 bits per heavy atom. The maximum atomic E-state index is 6.87. The summed E-state index contributed by atoms with van der Waals surface area (Å²) in [4.78, 5) is 14.9. The van der Waals surface area contributed by atoms with Crippen LogP contribution in [0.3, 0.4) is 0 Å². The van der Waals surface area contributed by atoms with Crippen LogP contribution in [0.1, 0.15) is 50.7 Å². The molecule has 0 unspecified atom stereocenters. The summed E-state index contributed by atoms with van der Waals surface area (Å²) in [5.41, 5.74) is 14.5. The van der Waals surface area contributed by atoms with Gasteiger partial charge < -0.3 is 14.0 Å². The van der Waals surface area contributed by atoms with Crippen LogP contribution in [0.2, 0.25) is 19.6 Å². The van der Waals surface area contributed by atoms with E-state index in [1.165, 1.54) is 33.1 Å². The van der Waals surface area contributed by atoms with E-state index < -0.39 is 8.07 Å². The number of aromatic nitrogens is 4. The van der Waals surface area contributed by atoms with Gasteiger partial charge >= 0.3 is 0 Å². The van der Waals surface area contributed by atoms with E-state index in [4.69, 9.17) is 14.4 Å². The number of rotatable bonds is 7. The second-order valence-electron chi connectivity index (χ2n) is 18.3. The zero-order valence-electron chi connectivity index (χ0n) is 37.8. The number of fused-ring (bicyclic) bond motifs is 7. The third kappa shape index (κ3) is 8.25. The molecule has 0 fully saturated rings. The minimum absolute atomic E-state index is 0. The van der Waals surface area contributed by atoms with Gasteiger partial charge in [-0.05, 0) is 81.4 Å². The molecule has 0 saturated carbocycles. The van der Waals surface area contributed by atoms with Crippen LogP contribution in [-0.4, -0.2) is 27.6 Å². The Balaban J connectivity index is 0.000000266. The summed E-state index contributed by atoms with van der Waals surface area (Å²) >= 11 is 0. The summed E-state index contributed by atoms with van der Waals surface area (Å²) in [6.07, 6.45) is 2.02. The van der Waals surface area contributed by atoms with E-state index in [2.05, 4.69) is 184 Å². The van der Waals surface area contributed by atoms with Gasteiger partial charge in [0.15, 0.2) is 0 Å². The Bertz CT molecular complexity index is 3450. The average molecular weight is 1040 g/mol. The summed E-state index contributed by atoms with van der Waals surface area (Å²) in [6, 6.07) is 61.7. The quantitative estimate of drug-likeness (QED) is 0.0907. The fraction of sp³-hybridized carbons (Fsp3) is 0.155. The Morgan fingerprint density at radius 2 is 1.28 bits per heavy atom. The summed E-state index contributed by atoms with van der Waals surface area (Å²) in [6.45, 7) is 16.1. The third-order valence-electron chi connectivity index (χ3n) is 12.2. The SMILES string of the molecule is CC(C)c1cc(-c2ccccc2)cc(C(C)C)c1-n1c(-c2[c-]ccc3c2oc2c3ccc3cc4ccccc4nc32)nc2ccccc21.C[Si](C)(C)c1ccc(-c2[c-]cccc2)nc1.[Ir]. The van der Waals surface area contributed by atoms with Crippen molar-refractivity contribution in [2.75, 3.05) is 0 Å². The van der Waals surface area contributed by atoms with Crippen LogP contribution in [0, 0.1) is 12.1 Å². The summed E-state index contributed by atoms with van der Waals surface area (Å²) in [5.74, 6) is 1.36. The van der Waals surface area contributed by atoms with Crippen LogP contribution < -0.4 is 5.19 Å². The molecule has 7 heteroatoms. The number of hydrogen-bond donors (Lipinski definition) is 0. The van der Waals surface area contributed by atoms with Gasteiger partial charge in [0.2, 0.25) is 0 Å². The molecular weight excluding hydrogens is 989 g/mol. The van der Waals surface area contributed by atoms with E-state index in [1.54, 1.807) is 0 Å². The van der Waals surface area contributed by atoms with Crippen molar-refractivity contribution in [1.29, 1.82) is 0 Å². The van der Waals surface area contributed by atoms with Gasteiger partial charge in [0.05, 0.1) is 36.0 Å². The van der Waals surface area contributed by atoms with Gasteiger partial charge in [-0.1, -0.05) is 143 Å². The van der Waals surface area contributed by atoms with Gasteiger partial charge in [0, 0.05) is 48.1 Å². The fourth-order valence-corrected chi connectivity index (χ4v) is 9.82. The molecule has 0 bridgehead atoms. The molecule has 5 nitrogen and oxygen atoms in total. The molecule has 4 aromatic heterocycles. The first-order chi connectivity index (χ1) is 31.0. The first kappa shape index (κ1) is 43.7. The first-order valence-electron chi connectivity index (χ1n) is 22.2. The molecule has 65 heavy (non-hydrogen) atoms. The maximum absolute atomic E-state index is 6.87. The molecule has 0 aliphatic heterocycles. The standard InChI is InChI=1S/C44H34N3O.C14H16NSi.Ir/c1-26(2)35-24-31(28-13-6-5-7-14-28)25-36(27(3)4)41(35)47-39-20-11-10-19-38(39)46-44(47)34-17-12-16-32-33-22-21-30-23-29-15-8-9-18-37(29)45-40(30)43(33)48-42(32)34;1-16(2,3)13-9-10-14(15-11-13)12-7-5-4-6-8-12;/h5-16,18-27H,1-4H3;4-7,9-11H,1-3H3;/q2*-1;. The summed E-state index contributed by atoms with van der Waals surface area (Å²) in [7, 11) is -1.23. The van der Waals surface area contributed by atoms with Crippen LogP contribution in [0.15, 0.2) is 168 Å². The summed E-state index contributed by atoms with van der Waals surface area (Å²) in [5, 5.41) is 5.63. The van der Waals surface area contributed by atoms with Crippen molar-refractivity contribution in [3.8, 4) is 39.5 Å². The first-order valence-corrected chi connectivity index (χ1v) is 25.7. The van der Waals surface area contributed by atoms with Gasteiger partial charge in [0.1, 0.15) is 11.1 Å². The average Bonchev–Trinajstić information content (AvgIpc) is 3.90. The zero-order valence-corrected chi connectivity index (χ0v) is 41.2. The molecule has 11 rings (SSSR count). The topological polar surface area (TPSA) is 56.7 Å². The Morgan fingerprint density at radius 3 is 1.97 bits per heavy atom. The number of para-hydroxylation sites is 3. The van der Waals surface area contributed by atoms with Crippen molar-refractivity contribution in [2.45, 2.75) is 59.2 Å².